The van der Waals surface area contributed by atoms with E-state index >= 15 is 0 Å². The summed E-state index contributed by atoms with van der Waals surface area (Å²) in [6.45, 7) is 0.00839. The van der Waals surface area contributed by atoms with Crippen molar-refractivity contribution < 1.29 is 14.4 Å². The van der Waals surface area contributed by atoms with Gasteiger partial charge in [0.1, 0.15) is 17.1 Å². The molecule has 1 saturated carbocycles. The number of thiazole rings is 1. The molecule has 1 aromatic heterocycles. The van der Waals surface area contributed by atoms with E-state index in [1.54, 1.807) is 0 Å². The van der Waals surface area contributed by atoms with Crippen molar-refractivity contribution in [1.29, 1.82) is 0 Å². The minimum atomic E-state index is -0.796. The summed E-state index contributed by atoms with van der Waals surface area (Å²) < 4.78 is 0. The van der Waals surface area contributed by atoms with Crippen LogP contribution in [0.2, 0.25) is 0 Å². The number of carbonyl (C=O) groups is 3. The summed E-state index contributed by atoms with van der Waals surface area (Å²) in [5.74, 6) is -0.638. The van der Waals surface area contributed by atoms with Gasteiger partial charge in [0.15, 0.2) is 0 Å². The quantitative estimate of drug-likeness (QED) is 0.758. The Labute approximate surface area is 167 Å². The molecule has 146 valence electrons. The molecule has 2 N–H and O–H groups in total. The van der Waals surface area contributed by atoms with Crippen molar-refractivity contribution in [3.8, 4) is 11.3 Å². The number of rotatable bonds is 5. The van der Waals surface area contributed by atoms with Crippen LogP contribution in [0.1, 0.15) is 37.1 Å². The van der Waals surface area contributed by atoms with E-state index in [-0.39, 0.29) is 24.9 Å². The first-order valence-electron chi connectivity index (χ1n) is 9.48. The number of urea groups is 1. The number of amides is 4. The van der Waals surface area contributed by atoms with Gasteiger partial charge in [-0.05, 0) is 12.8 Å². The van der Waals surface area contributed by atoms with Crippen LogP contribution in [0.5, 0.6) is 0 Å². The SMILES string of the molecule is O=C(CN1C(=O)NC2(CCCCC2)C1=O)NCc1nc(-c2ccccc2)cs1. The fraction of sp³-hybridized carbons (Fsp3) is 0.400. The lowest BCUT2D eigenvalue weighted by Gasteiger charge is -2.30. The van der Waals surface area contributed by atoms with Crippen LogP contribution in [0, 0.1) is 0 Å². The second-order valence-electron chi connectivity index (χ2n) is 7.23. The summed E-state index contributed by atoms with van der Waals surface area (Å²) in [5.41, 5.74) is 1.09. The minimum absolute atomic E-state index is 0.261. The lowest BCUT2D eigenvalue weighted by atomic mass is 9.82. The molecule has 1 aliphatic heterocycles. The van der Waals surface area contributed by atoms with Crippen molar-refractivity contribution in [3.05, 3.63) is 40.7 Å². The summed E-state index contributed by atoms with van der Waals surface area (Å²) in [4.78, 5) is 42.8. The normalized spacial score (nSPS) is 18.4. The zero-order valence-corrected chi connectivity index (χ0v) is 16.3. The Balaban J connectivity index is 1.33. The summed E-state index contributed by atoms with van der Waals surface area (Å²) >= 11 is 1.46. The molecule has 0 unspecified atom stereocenters. The van der Waals surface area contributed by atoms with Crippen molar-refractivity contribution in [2.24, 2.45) is 0 Å². The standard InChI is InChI=1S/C20H22N4O3S/c25-16(12-24-18(26)20(23-19(24)27)9-5-2-6-10-20)21-11-17-22-15(13-28-17)14-7-3-1-4-8-14/h1,3-4,7-8,13H,2,5-6,9-12H2,(H,21,25)(H,23,27). The highest BCUT2D eigenvalue weighted by Crippen LogP contribution is 2.33. The zero-order valence-electron chi connectivity index (χ0n) is 15.4. The topological polar surface area (TPSA) is 91.4 Å². The molecule has 2 fully saturated rings. The van der Waals surface area contributed by atoms with E-state index < -0.39 is 11.6 Å². The molecule has 1 saturated heterocycles. The Morgan fingerprint density at radius 3 is 2.68 bits per heavy atom. The number of benzene rings is 1. The summed E-state index contributed by atoms with van der Waals surface area (Å²) in [6, 6.07) is 9.35. The van der Waals surface area contributed by atoms with E-state index in [9.17, 15) is 14.4 Å². The molecular formula is C20H22N4O3S. The lowest BCUT2D eigenvalue weighted by Crippen LogP contribution is -2.49. The highest BCUT2D eigenvalue weighted by atomic mass is 32.1. The van der Waals surface area contributed by atoms with Crippen LogP contribution in [-0.4, -0.2) is 39.8 Å². The van der Waals surface area contributed by atoms with Gasteiger partial charge in [-0.15, -0.1) is 11.3 Å². The Morgan fingerprint density at radius 1 is 1.18 bits per heavy atom. The van der Waals surface area contributed by atoms with E-state index in [4.69, 9.17) is 0 Å². The highest BCUT2D eigenvalue weighted by molar-refractivity contribution is 7.09. The molecule has 28 heavy (non-hydrogen) atoms. The summed E-state index contributed by atoms with van der Waals surface area (Å²) in [5, 5.41) is 8.29. The van der Waals surface area contributed by atoms with Crippen LogP contribution in [0.4, 0.5) is 4.79 Å². The average Bonchev–Trinajstić information content (AvgIpc) is 3.27. The molecule has 0 radical (unpaired) electrons. The minimum Gasteiger partial charge on any atom is -0.348 e. The Morgan fingerprint density at radius 2 is 1.93 bits per heavy atom. The van der Waals surface area contributed by atoms with E-state index in [0.29, 0.717) is 12.8 Å². The Hall–Kier alpha value is -2.74. The van der Waals surface area contributed by atoms with Gasteiger partial charge in [-0.3, -0.25) is 14.5 Å². The van der Waals surface area contributed by atoms with Crippen LogP contribution < -0.4 is 10.6 Å². The fourth-order valence-electron chi connectivity index (χ4n) is 3.82. The van der Waals surface area contributed by atoms with E-state index in [1.807, 2.05) is 35.7 Å². The van der Waals surface area contributed by atoms with Crippen LogP contribution >= 0.6 is 11.3 Å². The largest absolute Gasteiger partial charge is 0.348 e. The lowest BCUT2D eigenvalue weighted by molar-refractivity contribution is -0.135. The first-order chi connectivity index (χ1) is 13.6. The third-order valence-electron chi connectivity index (χ3n) is 5.31. The van der Waals surface area contributed by atoms with Gasteiger partial charge in [-0.25, -0.2) is 9.78 Å². The first kappa shape index (κ1) is 18.6. The van der Waals surface area contributed by atoms with E-state index in [2.05, 4.69) is 15.6 Å². The Kier molecular flexibility index (Phi) is 5.13. The monoisotopic (exact) mass is 398 g/mol. The van der Waals surface area contributed by atoms with Crippen LogP contribution in [-0.2, 0) is 16.1 Å². The number of nitrogens with zero attached hydrogens (tertiary/aromatic N) is 2. The van der Waals surface area contributed by atoms with Gasteiger partial charge in [-0.2, -0.15) is 0 Å². The average molecular weight is 398 g/mol. The molecule has 2 heterocycles. The number of aromatic nitrogens is 1. The molecule has 4 rings (SSSR count). The molecule has 2 aromatic rings. The van der Waals surface area contributed by atoms with Gasteiger partial charge >= 0.3 is 6.03 Å². The van der Waals surface area contributed by atoms with Gasteiger partial charge in [0, 0.05) is 10.9 Å². The van der Waals surface area contributed by atoms with E-state index in [1.165, 1.54) is 11.3 Å². The second kappa shape index (κ2) is 7.71. The maximum atomic E-state index is 12.7. The molecule has 2 aliphatic rings. The number of imide groups is 1. The maximum Gasteiger partial charge on any atom is 0.325 e. The number of carbonyl (C=O) groups excluding carboxylic acids is 3. The smallest absolute Gasteiger partial charge is 0.325 e. The zero-order chi connectivity index (χ0) is 19.6. The second-order valence-corrected chi connectivity index (χ2v) is 8.18. The van der Waals surface area contributed by atoms with Gasteiger partial charge in [-0.1, -0.05) is 49.6 Å². The van der Waals surface area contributed by atoms with Crippen molar-refractivity contribution >= 4 is 29.2 Å². The van der Waals surface area contributed by atoms with Crippen molar-refractivity contribution in [2.75, 3.05) is 6.54 Å². The third-order valence-corrected chi connectivity index (χ3v) is 6.16. The molecule has 1 spiro atoms. The van der Waals surface area contributed by atoms with Crippen molar-refractivity contribution in [2.45, 2.75) is 44.2 Å². The Bertz CT molecular complexity index is 890. The number of hydrogen-bond donors (Lipinski definition) is 2. The summed E-state index contributed by atoms with van der Waals surface area (Å²) in [7, 11) is 0. The molecule has 4 amide bonds. The van der Waals surface area contributed by atoms with Crippen LogP contribution in [0.15, 0.2) is 35.7 Å². The molecule has 7 nitrogen and oxygen atoms in total. The van der Waals surface area contributed by atoms with Crippen molar-refractivity contribution in [3.63, 3.8) is 0 Å². The number of nitrogens with one attached hydrogen (secondary N) is 2. The highest BCUT2D eigenvalue weighted by Gasteiger charge is 2.51. The van der Waals surface area contributed by atoms with Crippen LogP contribution in [0.3, 0.4) is 0 Å². The molecule has 1 aliphatic carbocycles. The third kappa shape index (κ3) is 3.64. The fourth-order valence-corrected chi connectivity index (χ4v) is 4.56. The van der Waals surface area contributed by atoms with Gasteiger partial charge in [0.25, 0.3) is 5.91 Å². The molecule has 1 aromatic carbocycles. The first-order valence-corrected chi connectivity index (χ1v) is 10.4. The molecular weight excluding hydrogens is 376 g/mol. The molecule has 0 atom stereocenters. The van der Waals surface area contributed by atoms with Crippen molar-refractivity contribution in [1.82, 2.24) is 20.5 Å². The maximum absolute atomic E-state index is 12.7. The van der Waals surface area contributed by atoms with E-state index in [0.717, 1.165) is 40.4 Å². The predicted octanol–water partition coefficient (Wildman–Crippen LogP) is 2.68. The van der Waals surface area contributed by atoms with Gasteiger partial charge in [0.05, 0.1) is 12.2 Å². The van der Waals surface area contributed by atoms with Crippen LogP contribution in [0.25, 0.3) is 11.3 Å². The van der Waals surface area contributed by atoms with Gasteiger partial charge in [0.2, 0.25) is 5.91 Å². The number of hydrogen-bond acceptors (Lipinski definition) is 5. The van der Waals surface area contributed by atoms with Gasteiger partial charge < -0.3 is 10.6 Å². The summed E-state index contributed by atoms with van der Waals surface area (Å²) in [6.07, 6.45) is 4.21. The molecule has 8 heteroatoms. The molecule has 0 bridgehead atoms. The predicted molar refractivity (Wildman–Crippen MR) is 105 cm³/mol.